The molecule has 0 aromatic heterocycles. The van der Waals surface area contributed by atoms with Gasteiger partial charge in [0.25, 0.3) is 0 Å². The van der Waals surface area contributed by atoms with Crippen molar-refractivity contribution in [3.63, 3.8) is 0 Å². The van der Waals surface area contributed by atoms with E-state index in [9.17, 15) is 0 Å². The molecule has 0 saturated carbocycles. The number of unbranched alkanes of at least 4 members (excludes halogenated alkanes) is 1. The summed E-state index contributed by atoms with van der Waals surface area (Å²) in [4.78, 5) is 0. The molecule has 0 fully saturated rings. The predicted octanol–water partition coefficient (Wildman–Crippen LogP) is 6.33. The zero-order chi connectivity index (χ0) is 25.5. The van der Waals surface area contributed by atoms with Crippen molar-refractivity contribution in [3.8, 4) is 0 Å². The minimum atomic E-state index is -0.555. The maximum Gasteiger partial charge on any atom is 0.146 e. The fourth-order valence-electron chi connectivity index (χ4n) is 4.26. The van der Waals surface area contributed by atoms with Crippen LogP contribution < -0.4 is 0 Å². The molecule has 0 atom stereocenters. The number of rotatable bonds is 13. The van der Waals surface area contributed by atoms with Gasteiger partial charge in [-0.05, 0) is 95.9 Å². The predicted molar refractivity (Wildman–Crippen MR) is 145 cm³/mol. The molecular weight excluding hydrogens is 432 g/mol. The van der Waals surface area contributed by atoms with E-state index in [-0.39, 0.29) is 33.2 Å². The molecule has 0 aliphatic carbocycles. The first-order valence-electron chi connectivity index (χ1n) is 13.0. The van der Waals surface area contributed by atoms with E-state index in [1.165, 1.54) is 24.9 Å². The summed E-state index contributed by atoms with van der Waals surface area (Å²) in [6, 6.07) is 2.49. The SMILES string of the molecule is CCC(OC(C)(C)C)(OC(C)(C)C)[SiH2]CCCC[SiH2]C(CC)(OC(C)(C)C)OC(C)(C)C. The van der Waals surface area contributed by atoms with E-state index < -0.39 is 19.0 Å². The van der Waals surface area contributed by atoms with Gasteiger partial charge >= 0.3 is 0 Å². The monoisotopic (exact) mass is 490 g/mol. The third-order valence-electron chi connectivity index (χ3n) is 4.91. The Morgan fingerprint density at radius 3 is 0.812 bits per heavy atom. The zero-order valence-electron chi connectivity index (χ0n) is 24.3. The van der Waals surface area contributed by atoms with Crippen LogP contribution in [-0.2, 0) is 18.9 Å². The van der Waals surface area contributed by atoms with Crippen molar-refractivity contribution in [2.75, 3.05) is 0 Å². The summed E-state index contributed by atoms with van der Waals surface area (Å²) in [6.45, 7) is 30.1. The Balaban J connectivity index is 4.98. The van der Waals surface area contributed by atoms with Gasteiger partial charge in [-0.2, -0.15) is 0 Å². The van der Waals surface area contributed by atoms with E-state index in [0.717, 1.165) is 12.8 Å². The standard InChI is InChI=1S/C26H58O4Si2/c1-15-25(27-21(3,4)5,28-22(6,7)8)31-19-17-18-20-32-26(16-2,29-23(9,10)11)30-24(12,13)14/h15-20,31-32H2,1-14H3. The van der Waals surface area contributed by atoms with Crippen LogP contribution in [0.5, 0.6) is 0 Å². The summed E-state index contributed by atoms with van der Waals surface area (Å²) < 4.78 is 26.2. The summed E-state index contributed by atoms with van der Waals surface area (Å²) in [5.74, 6) is 0. The molecule has 0 amide bonds. The minimum absolute atomic E-state index is 0.198. The molecular formula is C26H58O4Si2. The second kappa shape index (κ2) is 12.3. The van der Waals surface area contributed by atoms with Crippen molar-refractivity contribution < 1.29 is 18.9 Å². The van der Waals surface area contributed by atoms with Crippen molar-refractivity contribution >= 4 is 19.0 Å². The highest BCUT2D eigenvalue weighted by atomic mass is 28.2. The third-order valence-corrected chi connectivity index (χ3v) is 9.72. The van der Waals surface area contributed by atoms with Crippen molar-refractivity contribution in [1.82, 2.24) is 0 Å². The van der Waals surface area contributed by atoms with Gasteiger partial charge in [0.05, 0.1) is 41.4 Å². The zero-order valence-corrected chi connectivity index (χ0v) is 27.1. The second-order valence-corrected chi connectivity index (χ2v) is 17.9. The molecule has 0 heterocycles. The summed E-state index contributed by atoms with van der Waals surface area (Å²) in [5.41, 5.74) is -1.56. The van der Waals surface area contributed by atoms with Gasteiger partial charge in [0, 0.05) is 0 Å². The Bertz CT molecular complexity index is 442. The average molecular weight is 491 g/mol. The van der Waals surface area contributed by atoms with Crippen molar-refractivity contribution in [1.29, 1.82) is 0 Å². The normalized spacial score (nSPS) is 15.6. The average Bonchev–Trinajstić information content (AvgIpc) is 2.51. The van der Waals surface area contributed by atoms with Crippen LogP contribution >= 0.6 is 0 Å². The molecule has 32 heavy (non-hydrogen) atoms. The molecule has 0 saturated heterocycles. The Labute approximate surface area is 205 Å². The maximum absolute atomic E-state index is 6.55. The van der Waals surface area contributed by atoms with Crippen LogP contribution in [0.15, 0.2) is 0 Å². The molecule has 0 aliphatic heterocycles. The van der Waals surface area contributed by atoms with Crippen LogP contribution in [0.4, 0.5) is 0 Å². The molecule has 194 valence electrons. The van der Waals surface area contributed by atoms with Crippen molar-refractivity contribution in [2.45, 2.75) is 168 Å². The lowest BCUT2D eigenvalue weighted by Crippen LogP contribution is -2.51. The van der Waals surface area contributed by atoms with E-state index in [0.29, 0.717) is 0 Å². The Morgan fingerprint density at radius 2 is 0.656 bits per heavy atom. The second-order valence-electron chi connectivity index (χ2n) is 13.3. The highest BCUT2D eigenvalue weighted by Crippen LogP contribution is 2.32. The van der Waals surface area contributed by atoms with Gasteiger partial charge in [-0.1, -0.05) is 38.8 Å². The highest BCUT2D eigenvalue weighted by molar-refractivity contribution is 6.39. The quantitative estimate of drug-likeness (QED) is 0.172. The molecule has 0 N–H and O–H groups in total. The molecule has 0 aromatic carbocycles. The van der Waals surface area contributed by atoms with Gasteiger partial charge in [0.1, 0.15) is 10.8 Å². The van der Waals surface area contributed by atoms with E-state index in [4.69, 9.17) is 18.9 Å². The molecule has 4 nitrogen and oxygen atoms in total. The molecule has 0 bridgehead atoms. The van der Waals surface area contributed by atoms with Crippen LogP contribution in [0.3, 0.4) is 0 Å². The van der Waals surface area contributed by atoms with Gasteiger partial charge in [0.15, 0.2) is 0 Å². The number of hydrogen-bond donors (Lipinski definition) is 0. The Morgan fingerprint density at radius 1 is 0.438 bits per heavy atom. The lowest BCUT2D eigenvalue weighted by atomic mass is 10.1. The van der Waals surface area contributed by atoms with Crippen molar-refractivity contribution in [3.05, 3.63) is 0 Å². The van der Waals surface area contributed by atoms with E-state index in [2.05, 4.69) is 96.9 Å². The first-order valence-corrected chi connectivity index (χ1v) is 16.4. The van der Waals surface area contributed by atoms with Gasteiger partial charge in [-0.3, -0.25) is 0 Å². The lowest BCUT2D eigenvalue weighted by molar-refractivity contribution is -0.267. The number of ether oxygens (including phenoxy) is 4. The van der Waals surface area contributed by atoms with E-state index >= 15 is 0 Å². The van der Waals surface area contributed by atoms with Crippen LogP contribution in [0, 0.1) is 0 Å². The fraction of sp³-hybridized carbons (Fsp3) is 1.00. The molecule has 0 radical (unpaired) electrons. The summed E-state index contributed by atoms with van der Waals surface area (Å²) in [6.07, 6.45) is 4.32. The molecule has 0 aromatic rings. The van der Waals surface area contributed by atoms with Crippen LogP contribution in [-0.4, -0.2) is 52.3 Å². The van der Waals surface area contributed by atoms with Crippen molar-refractivity contribution in [2.24, 2.45) is 0 Å². The van der Waals surface area contributed by atoms with E-state index in [1.807, 2.05) is 0 Å². The maximum atomic E-state index is 6.55. The molecule has 0 rings (SSSR count). The number of hydrogen-bond acceptors (Lipinski definition) is 4. The van der Waals surface area contributed by atoms with Gasteiger partial charge < -0.3 is 18.9 Å². The molecule has 0 unspecified atom stereocenters. The van der Waals surface area contributed by atoms with Gasteiger partial charge in [-0.15, -0.1) is 0 Å². The molecule has 6 heteroatoms. The van der Waals surface area contributed by atoms with Gasteiger partial charge in [-0.25, -0.2) is 0 Å². The Hall–Kier alpha value is 0.274. The first-order chi connectivity index (χ1) is 14.2. The highest BCUT2D eigenvalue weighted by Gasteiger charge is 2.39. The van der Waals surface area contributed by atoms with Gasteiger partial charge in [0.2, 0.25) is 0 Å². The smallest absolute Gasteiger partial charge is 0.146 e. The topological polar surface area (TPSA) is 36.9 Å². The minimum Gasteiger partial charge on any atom is -0.349 e. The van der Waals surface area contributed by atoms with E-state index in [1.54, 1.807) is 0 Å². The lowest BCUT2D eigenvalue weighted by Gasteiger charge is -2.43. The third kappa shape index (κ3) is 15.2. The fourth-order valence-corrected chi connectivity index (χ4v) is 9.39. The summed E-state index contributed by atoms with van der Waals surface area (Å²) in [5, 5.41) is 0. The first kappa shape index (κ1) is 32.3. The van der Waals surface area contributed by atoms with Crippen LogP contribution in [0.25, 0.3) is 0 Å². The van der Waals surface area contributed by atoms with Crippen LogP contribution in [0.2, 0.25) is 12.1 Å². The summed E-state index contributed by atoms with van der Waals surface area (Å²) >= 11 is 0. The summed E-state index contributed by atoms with van der Waals surface area (Å²) in [7, 11) is -1.11. The Kier molecular flexibility index (Phi) is 12.4. The molecule has 0 aliphatic rings. The van der Waals surface area contributed by atoms with Crippen LogP contribution in [0.1, 0.15) is 123 Å². The largest absolute Gasteiger partial charge is 0.349 e. The molecule has 0 spiro atoms.